The molecule has 3 aliphatic heterocycles. The average molecular weight is 730 g/mol. The Hall–Kier alpha value is -5.00. The third-order valence-corrected chi connectivity index (χ3v) is 11.5. The fourth-order valence-electron chi connectivity index (χ4n) is 8.14. The van der Waals surface area contributed by atoms with Gasteiger partial charge in [-0.15, -0.1) is 0 Å². The first-order valence-corrected chi connectivity index (χ1v) is 19.3. The van der Waals surface area contributed by atoms with Gasteiger partial charge in [0.05, 0.1) is 11.7 Å². The number of aromatic nitrogens is 2. The summed E-state index contributed by atoms with van der Waals surface area (Å²) in [5.74, 6) is 2.10. The molecule has 0 spiro atoms. The molecule has 2 amide bonds. The highest BCUT2D eigenvalue weighted by Crippen LogP contribution is 2.36. The lowest BCUT2D eigenvalue weighted by Crippen LogP contribution is -2.57. The smallest absolute Gasteiger partial charge is 0.243 e. The molecule has 4 heterocycles. The van der Waals surface area contributed by atoms with E-state index >= 15 is 0 Å². The molecule has 3 N–H and O–H groups in total. The zero-order valence-corrected chi connectivity index (χ0v) is 31.7. The fourth-order valence-corrected chi connectivity index (χ4v) is 8.14. The Bertz CT molecular complexity index is 1990. The van der Waals surface area contributed by atoms with Gasteiger partial charge in [0.15, 0.2) is 0 Å². The van der Waals surface area contributed by atoms with Crippen LogP contribution in [0.15, 0.2) is 79.0 Å². The Morgan fingerprint density at radius 3 is 2.37 bits per heavy atom. The second kappa shape index (κ2) is 14.7. The van der Waals surface area contributed by atoms with Crippen molar-refractivity contribution >= 4 is 23.5 Å². The highest BCUT2D eigenvalue weighted by Gasteiger charge is 2.36. The van der Waals surface area contributed by atoms with Crippen LogP contribution in [0.2, 0.25) is 0 Å². The first-order valence-electron chi connectivity index (χ1n) is 19.3. The van der Waals surface area contributed by atoms with Gasteiger partial charge >= 0.3 is 0 Å². The quantitative estimate of drug-likeness (QED) is 0.166. The van der Waals surface area contributed by atoms with Crippen LogP contribution in [0, 0.1) is 0 Å². The van der Waals surface area contributed by atoms with Crippen LogP contribution < -0.4 is 30.3 Å². The van der Waals surface area contributed by atoms with Crippen LogP contribution in [-0.2, 0) is 34.7 Å². The van der Waals surface area contributed by atoms with Crippen molar-refractivity contribution in [2.75, 3.05) is 29.9 Å². The molecule has 54 heavy (non-hydrogen) atoms. The number of carbonyl (C=O) groups excluding carboxylic acids is 2. The summed E-state index contributed by atoms with van der Waals surface area (Å²) in [6, 6.07) is 25.4. The number of hydrogen-bond donors (Lipinski definition) is 3. The Morgan fingerprint density at radius 2 is 1.65 bits per heavy atom. The summed E-state index contributed by atoms with van der Waals surface area (Å²) in [6.07, 6.45) is 4.86. The van der Waals surface area contributed by atoms with Gasteiger partial charge in [0.25, 0.3) is 0 Å². The molecule has 4 aromatic rings. The van der Waals surface area contributed by atoms with Gasteiger partial charge in [-0.05, 0) is 85.0 Å². The van der Waals surface area contributed by atoms with Crippen molar-refractivity contribution in [2.24, 2.45) is 0 Å². The third kappa shape index (κ3) is 7.93. The molecule has 8 rings (SSSR count). The molecule has 1 saturated carbocycles. The van der Waals surface area contributed by atoms with Crippen molar-refractivity contribution in [3.05, 3.63) is 107 Å². The van der Waals surface area contributed by atoms with E-state index in [9.17, 15) is 9.59 Å². The molecule has 1 unspecified atom stereocenters. The van der Waals surface area contributed by atoms with Crippen LogP contribution in [0.1, 0.15) is 81.3 Å². The maximum atomic E-state index is 12.4. The molecule has 3 aromatic carbocycles. The second-order valence-electron chi connectivity index (χ2n) is 16.5. The summed E-state index contributed by atoms with van der Waals surface area (Å²) >= 11 is 0. The van der Waals surface area contributed by atoms with Crippen LogP contribution in [0.25, 0.3) is 0 Å². The molecule has 0 bridgehead atoms. The van der Waals surface area contributed by atoms with E-state index in [1.807, 2.05) is 24.4 Å². The lowest BCUT2D eigenvalue weighted by atomic mass is 9.78. The summed E-state index contributed by atoms with van der Waals surface area (Å²) in [5, 5.41) is 9.70. The highest BCUT2D eigenvalue weighted by atomic mass is 16.5. The number of carbonyl (C=O) groups is 2. The van der Waals surface area contributed by atoms with Gasteiger partial charge in [-0.3, -0.25) is 19.8 Å². The van der Waals surface area contributed by atoms with Gasteiger partial charge in [0, 0.05) is 80.9 Å². The molecule has 11 heteroatoms. The van der Waals surface area contributed by atoms with Gasteiger partial charge in [-0.2, -0.15) is 0 Å². The predicted octanol–water partition coefficient (Wildman–Crippen LogP) is 5.71. The summed E-state index contributed by atoms with van der Waals surface area (Å²) in [7, 11) is 0. The van der Waals surface area contributed by atoms with Crippen molar-refractivity contribution < 1.29 is 19.1 Å². The number of piperidine rings is 1. The van der Waals surface area contributed by atoms with Crippen LogP contribution >= 0.6 is 0 Å². The maximum absolute atomic E-state index is 12.4. The van der Waals surface area contributed by atoms with Crippen molar-refractivity contribution in [1.29, 1.82) is 0 Å². The normalized spacial score (nSPS) is 22.6. The van der Waals surface area contributed by atoms with Gasteiger partial charge in [-0.25, -0.2) is 9.97 Å². The number of ether oxygens (including phenoxy) is 2. The topological polar surface area (TPSA) is 121 Å². The SMILES string of the molecule is CC1(C)CN(c2nccc(COc3ccc(C(C)(C)c4ccc(OC5CC(Nc6ccc7c(c6)CN(C6CCC(=O)NC6=O)C7)C5)cc4)cc3)n2)CCN1. The van der Waals surface area contributed by atoms with E-state index in [1.165, 1.54) is 22.3 Å². The third-order valence-electron chi connectivity index (χ3n) is 11.5. The molecule has 4 aliphatic rings. The summed E-state index contributed by atoms with van der Waals surface area (Å²) < 4.78 is 12.5. The number of nitrogens with one attached hydrogen (secondary N) is 3. The molecular formula is C43H51N7O4. The van der Waals surface area contributed by atoms with Crippen LogP contribution in [0.5, 0.6) is 11.5 Å². The predicted molar refractivity (Wildman–Crippen MR) is 209 cm³/mol. The summed E-state index contributed by atoms with van der Waals surface area (Å²) in [5.41, 5.74) is 6.70. The summed E-state index contributed by atoms with van der Waals surface area (Å²) in [4.78, 5) is 37.7. The zero-order chi connectivity index (χ0) is 37.5. The van der Waals surface area contributed by atoms with E-state index in [4.69, 9.17) is 14.5 Å². The monoisotopic (exact) mass is 729 g/mol. The van der Waals surface area contributed by atoms with Gasteiger partial charge in [0.2, 0.25) is 17.8 Å². The molecule has 2 saturated heterocycles. The number of anilines is 2. The van der Waals surface area contributed by atoms with Crippen molar-refractivity contribution in [3.8, 4) is 11.5 Å². The number of hydrogen-bond acceptors (Lipinski definition) is 10. The van der Waals surface area contributed by atoms with Gasteiger partial charge in [0.1, 0.15) is 24.2 Å². The first-order chi connectivity index (χ1) is 26.0. The molecule has 282 valence electrons. The van der Waals surface area contributed by atoms with E-state index in [0.29, 0.717) is 25.5 Å². The molecule has 1 aliphatic carbocycles. The fraction of sp³-hybridized carbons (Fsp3) is 0.442. The highest BCUT2D eigenvalue weighted by molar-refractivity contribution is 6.00. The maximum Gasteiger partial charge on any atom is 0.243 e. The number of amides is 2. The van der Waals surface area contributed by atoms with Crippen LogP contribution in [0.4, 0.5) is 11.6 Å². The minimum Gasteiger partial charge on any atom is -0.490 e. The van der Waals surface area contributed by atoms with E-state index in [2.05, 4.69) is 113 Å². The zero-order valence-electron chi connectivity index (χ0n) is 31.7. The Balaban J connectivity index is 0.797. The number of nitrogens with zero attached hydrogens (tertiary/aromatic N) is 4. The minimum absolute atomic E-state index is 0.0263. The number of fused-ring (bicyclic) bond motifs is 1. The molecule has 1 aromatic heterocycles. The number of piperazine rings is 1. The van der Waals surface area contributed by atoms with Crippen molar-refractivity contribution in [2.45, 2.75) is 102 Å². The summed E-state index contributed by atoms with van der Waals surface area (Å²) in [6.45, 7) is 13.4. The largest absolute Gasteiger partial charge is 0.490 e. The molecule has 0 radical (unpaired) electrons. The molecule has 1 atom stereocenters. The average Bonchev–Trinajstić information content (AvgIpc) is 3.56. The Labute approximate surface area is 317 Å². The van der Waals surface area contributed by atoms with E-state index in [1.54, 1.807) is 0 Å². The van der Waals surface area contributed by atoms with Gasteiger partial charge in [-0.1, -0.05) is 44.2 Å². The lowest BCUT2D eigenvalue weighted by molar-refractivity contribution is -0.137. The number of benzene rings is 3. The first kappa shape index (κ1) is 36.0. The van der Waals surface area contributed by atoms with Crippen molar-refractivity contribution in [1.82, 2.24) is 25.5 Å². The minimum atomic E-state index is -0.240. The van der Waals surface area contributed by atoms with Crippen LogP contribution in [-0.4, -0.2) is 70.0 Å². The Morgan fingerprint density at radius 1 is 0.926 bits per heavy atom. The van der Waals surface area contributed by atoms with Crippen molar-refractivity contribution in [3.63, 3.8) is 0 Å². The number of rotatable bonds is 11. The van der Waals surface area contributed by atoms with E-state index < -0.39 is 0 Å². The van der Waals surface area contributed by atoms with E-state index in [-0.39, 0.29) is 34.9 Å². The molecular weight excluding hydrogens is 679 g/mol. The van der Waals surface area contributed by atoms with Crippen LogP contribution in [0.3, 0.4) is 0 Å². The Kier molecular flexibility index (Phi) is 9.78. The van der Waals surface area contributed by atoms with Gasteiger partial charge < -0.3 is 25.0 Å². The number of imide groups is 1. The standard InChI is InChI=1S/C43H51N7O4/c1-42(2)27-49(20-19-45-42)41-44-18-17-33(47-41)26-53-35-11-6-30(7-12-35)43(3,4)31-8-13-36(14-9-31)54-37-22-34(23-37)46-32-10-5-28-24-50(25-29(28)21-32)38-15-16-39(51)48-40(38)52/h5-14,17-18,21,34,37-38,45-46H,15-16,19-20,22-27H2,1-4H3,(H,48,51,52). The lowest BCUT2D eigenvalue weighted by Gasteiger charge is -2.39. The second-order valence-corrected chi connectivity index (χ2v) is 16.5. The van der Waals surface area contributed by atoms with E-state index in [0.717, 1.165) is 74.4 Å². The molecule has 11 nitrogen and oxygen atoms in total. The molecule has 3 fully saturated rings.